The predicted molar refractivity (Wildman–Crippen MR) is 105 cm³/mol. The van der Waals surface area contributed by atoms with Gasteiger partial charge in [0.15, 0.2) is 11.9 Å². The van der Waals surface area contributed by atoms with Crippen molar-refractivity contribution in [3.63, 3.8) is 0 Å². The molecule has 0 bridgehead atoms. The average Bonchev–Trinajstić information content (AvgIpc) is 2.67. The average molecular weight is 376 g/mol. The number of carbonyl (C=O) groups excluding carboxylic acids is 3. The molecule has 2 aromatic rings. The number of hydrogen-bond donors (Lipinski definition) is 1. The van der Waals surface area contributed by atoms with Crippen molar-refractivity contribution in [1.29, 1.82) is 5.26 Å². The highest BCUT2D eigenvalue weighted by Crippen LogP contribution is 2.13. The van der Waals surface area contributed by atoms with Gasteiger partial charge in [0.05, 0.1) is 0 Å². The van der Waals surface area contributed by atoms with E-state index >= 15 is 0 Å². The molecule has 6 heteroatoms. The first kappa shape index (κ1) is 20.6. The number of carbonyl (C=O) groups is 3. The maximum atomic E-state index is 12.2. The van der Waals surface area contributed by atoms with Gasteiger partial charge in [0, 0.05) is 11.3 Å². The number of nitrogens with one attached hydrogen (secondary N) is 1. The van der Waals surface area contributed by atoms with E-state index in [9.17, 15) is 19.6 Å². The molecule has 0 saturated heterocycles. The first-order chi connectivity index (χ1) is 13.3. The van der Waals surface area contributed by atoms with Gasteiger partial charge in [0.25, 0.3) is 5.91 Å². The zero-order chi connectivity index (χ0) is 20.7. The third kappa shape index (κ3) is 5.64. The Balaban J connectivity index is 2.01. The molecule has 0 spiro atoms. The number of anilines is 1. The van der Waals surface area contributed by atoms with Crippen molar-refractivity contribution in [3.8, 4) is 6.07 Å². The highest BCUT2D eigenvalue weighted by molar-refractivity contribution is 6.01. The van der Waals surface area contributed by atoms with E-state index in [0.29, 0.717) is 16.8 Å². The van der Waals surface area contributed by atoms with E-state index in [1.54, 1.807) is 42.5 Å². The molecule has 0 saturated carbocycles. The SMILES string of the molecule is CC(=O)c1ccc(NC(=O)[C@H](C)OC(=O)/C(C#N)=C/c2ccc(C)cc2)cc1. The number of nitriles is 1. The maximum absolute atomic E-state index is 12.2. The Bertz CT molecular complexity index is 952. The molecule has 28 heavy (non-hydrogen) atoms. The van der Waals surface area contributed by atoms with E-state index < -0.39 is 18.0 Å². The van der Waals surface area contributed by atoms with E-state index in [1.165, 1.54) is 19.9 Å². The van der Waals surface area contributed by atoms with Crippen LogP contribution in [-0.2, 0) is 14.3 Å². The zero-order valence-electron chi connectivity index (χ0n) is 15.9. The van der Waals surface area contributed by atoms with Crippen LogP contribution in [-0.4, -0.2) is 23.8 Å². The highest BCUT2D eigenvalue weighted by atomic mass is 16.5. The number of benzene rings is 2. The number of aryl methyl sites for hydroxylation is 1. The smallest absolute Gasteiger partial charge is 0.349 e. The lowest BCUT2D eigenvalue weighted by molar-refractivity contribution is -0.148. The minimum atomic E-state index is -1.10. The standard InChI is InChI=1S/C22H20N2O4/c1-14-4-6-17(7-5-14)12-19(13-23)22(27)28-16(3)21(26)24-20-10-8-18(9-11-20)15(2)25/h4-12,16H,1-3H3,(H,24,26)/b19-12+/t16-/m0/s1. The van der Waals surface area contributed by atoms with Gasteiger partial charge in [-0.1, -0.05) is 29.8 Å². The van der Waals surface area contributed by atoms with Gasteiger partial charge < -0.3 is 10.1 Å². The topological polar surface area (TPSA) is 96.3 Å². The van der Waals surface area contributed by atoms with Crippen LogP contribution in [0.4, 0.5) is 5.69 Å². The number of rotatable bonds is 6. The summed E-state index contributed by atoms with van der Waals surface area (Å²) in [6.07, 6.45) is 0.308. The summed E-state index contributed by atoms with van der Waals surface area (Å²) in [6.45, 7) is 4.80. The second kappa shape index (κ2) is 9.28. The molecule has 142 valence electrons. The molecule has 0 aliphatic heterocycles. The zero-order valence-corrected chi connectivity index (χ0v) is 15.9. The molecule has 2 aromatic carbocycles. The van der Waals surface area contributed by atoms with Gasteiger partial charge in [-0.3, -0.25) is 9.59 Å². The van der Waals surface area contributed by atoms with Gasteiger partial charge in [-0.2, -0.15) is 5.26 Å². The van der Waals surface area contributed by atoms with Gasteiger partial charge in [0.1, 0.15) is 11.6 Å². The van der Waals surface area contributed by atoms with Crippen LogP contribution in [0, 0.1) is 18.3 Å². The van der Waals surface area contributed by atoms with Gasteiger partial charge in [0.2, 0.25) is 0 Å². The molecule has 1 atom stereocenters. The molecule has 0 unspecified atom stereocenters. The van der Waals surface area contributed by atoms with Crippen LogP contribution in [0.1, 0.15) is 35.3 Å². The van der Waals surface area contributed by atoms with Gasteiger partial charge >= 0.3 is 5.97 Å². The third-order valence-electron chi connectivity index (χ3n) is 3.94. The summed E-state index contributed by atoms with van der Waals surface area (Å²) in [7, 11) is 0. The van der Waals surface area contributed by atoms with Crippen molar-refractivity contribution in [2.75, 3.05) is 5.32 Å². The summed E-state index contributed by atoms with van der Waals surface area (Å²) in [5.74, 6) is -1.50. The molecule has 6 nitrogen and oxygen atoms in total. The summed E-state index contributed by atoms with van der Waals surface area (Å²) in [4.78, 5) is 35.7. The van der Waals surface area contributed by atoms with Crippen molar-refractivity contribution in [2.24, 2.45) is 0 Å². The quantitative estimate of drug-likeness (QED) is 0.359. The number of Topliss-reactive ketones (excluding diaryl/α,β-unsaturated/α-hetero) is 1. The van der Waals surface area contributed by atoms with Crippen LogP contribution in [0.2, 0.25) is 0 Å². The lowest BCUT2D eigenvalue weighted by Gasteiger charge is -2.13. The Hall–Kier alpha value is -3.72. The van der Waals surface area contributed by atoms with Gasteiger partial charge in [-0.05, 0) is 56.7 Å². The van der Waals surface area contributed by atoms with E-state index in [4.69, 9.17) is 4.74 Å². The first-order valence-corrected chi connectivity index (χ1v) is 8.61. The molecule has 1 amide bonds. The van der Waals surface area contributed by atoms with Gasteiger partial charge in [-0.25, -0.2) is 4.79 Å². The fourth-order valence-corrected chi connectivity index (χ4v) is 2.28. The molecule has 0 radical (unpaired) electrons. The number of esters is 1. The lowest BCUT2D eigenvalue weighted by Crippen LogP contribution is -2.30. The molecule has 0 heterocycles. The number of nitrogens with zero attached hydrogens (tertiary/aromatic N) is 1. The normalized spacial score (nSPS) is 11.9. The second-order valence-electron chi connectivity index (χ2n) is 6.25. The van der Waals surface area contributed by atoms with Crippen molar-refractivity contribution in [3.05, 3.63) is 70.8 Å². The summed E-state index contributed by atoms with van der Waals surface area (Å²) >= 11 is 0. The summed E-state index contributed by atoms with van der Waals surface area (Å²) < 4.78 is 5.10. The van der Waals surface area contributed by atoms with Crippen LogP contribution in [0.5, 0.6) is 0 Å². The highest BCUT2D eigenvalue weighted by Gasteiger charge is 2.20. The van der Waals surface area contributed by atoms with Crippen LogP contribution in [0.25, 0.3) is 6.08 Å². The molecule has 0 aliphatic carbocycles. The molecule has 0 aromatic heterocycles. The minimum absolute atomic E-state index is 0.0791. The molecule has 0 aliphatic rings. The lowest BCUT2D eigenvalue weighted by atomic mass is 10.1. The monoisotopic (exact) mass is 376 g/mol. The molecule has 2 rings (SSSR count). The minimum Gasteiger partial charge on any atom is -0.448 e. The summed E-state index contributed by atoms with van der Waals surface area (Å²) in [5.41, 5.74) is 2.53. The second-order valence-corrected chi connectivity index (χ2v) is 6.25. The van der Waals surface area contributed by atoms with Crippen LogP contribution >= 0.6 is 0 Å². The van der Waals surface area contributed by atoms with E-state index in [1.807, 2.05) is 19.1 Å². The number of amides is 1. The van der Waals surface area contributed by atoms with Crippen molar-refractivity contribution < 1.29 is 19.1 Å². The summed E-state index contributed by atoms with van der Waals surface area (Å²) in [5, 5.41) is 11.8. The molecule has 0 fully saturated rings. The Morgan fingerprint density at radius 2 is 1.68 bits per heavy atom. The molecular weight excluding hydrogens is 356 g/mol. The van der Waals surface area contributed by atoms with Crippen LogP contribution in [0.15, 0.2) is 54.1 Å². The van der Waals surface area contributed by atoms with Crippen LogP contribution < -0.4 is 5.32 Å². The van der Waals surface area contributed by atoms with Crippen molar-refractivity contribution in [2.45, 2.75) is 26.9 Å². The molecular formula is C22H20N2O4. The fraction of sp³-hybridized carbons (Fsp3) is 0.182. The van der Waals surface area contributed by atoms with Gasteiger partial charge in [-0.15, -0.1) is 0 Å². The predicted octanol–water partition coefficient (Wildman–Crippen LogP) is 3.68. The maximum Gasteiger partial charge on any atom is 0.349 e. The van der Waals surface area contributed by atoms with E-state index in [2.05, 4.69) is 5.32 Å². The Morgan fingerprint density at radius 1 is 1.07 bits per heavy atom. The fourth-order valence-electron chi connectivity index (χ4n) is 2.28. The first-order valence-electron chi connectivity index (χ1n) is 8.61. The Labute approximate surface area is 163 Å². The number of ether oxygens (including phenoxy) is 1. The Kier molecular flexibility index (Phi) is 6.83. The van der Waals surface area contributed by atoms with E-state index in [0.717, 1.165) is 5.56 Å². The summed E-state index contributed by atoms with van der Waals surface area (Å²) in [6, 6.07) is 15.4. The third-order valence-corrected chi connectivity index (χ3v) is 3.94. The largest absolute Gasteiger partial charge is 0.448 e. The van der Waals surface area contributed by atoms with Crippen molar-refractivity contribution in [1.82, 2.24) is 0 Å². The van der Waals surface area contributed by atoms with Crippen molar-refractivity contribution >= 4 is 29.4 Å². The number of hydrogen-bond acceptors (Lipinski definition) is 5. The van der Waals surface area contributed by atoms with E-state index in [-0.39, 0.29) is 11.4 Å². The number of ketones is 1. The molecule has 1 N–H and O–H groups in total. The Morgan fingerprint density at radius 3 is 2.21 bits per heavy atom. The van der Waals surface area contributed by atoms with Crippen LogP contribution in [0.3, 0.4) is 0 Å².